The zero-order valence-corrected chi connectivity index (χ0v) is 12.9. The minimum absolute atomic E-state index is 0.0863. The summed E-state index contributed by atoms with van der Waals surface area (Å²) in [6.07, 6.45) is 0. The molecule has 0 aliphatic rings. The molecule has 0 aliphatic heterocycles. The highest BCUT2D eigenvalue weighted by molar-refractivity contribution is 5.93. The van der Waals surface area contributed by atoms with Gasteiger partial charge in [-0.15, -0.1) is 0 Å². The Morgan fingerprint density at radius 3 is 2.52 bits per heavy atom. The number of benzene rings is 2. The van der Waals surface area contributed by atoms with E-state index in [4.69, 9.17) is 0 Å². The predicted molar refractivity (Wildman–Crippen MR) is 87.7 cm³/mol. The first-order valence-electron chi connectivity index (χ1n) is 7.12. The Bertz CT molecular complexity index is 732. The Kier molecular flexibility index (Phi) is 5.30. The number of rotatable bonds is 4. The average Bonchev–Trinajstić information content (AvgIpc) is 2.49. The molecule has 2 aromatic carbocycles. The van der Waals surface area contributed by atoms with Crippen molar-refractivity contribution in [2.45, 2.75) is 20.4 Å². The normalized spacial score (nSPS) is 10.0. The summed E-state index contributed by atoms with van der Waals surface area (Å²) in [6, 6.07) is 11.0. The van der Waals surface area contributed by atoms with E-state index < -0.39 is 6.03 Å². The number of urea groups is 1. The number of halogens is 1. The van der Waals surface area contributed by atoms with E-state index in [1.54, 1.807) is 36.4 Å². The van der Waals surface area contributed by atoms with Crippen LogP contribution in [0.3, 0.4) is 0 Å². The van der Waals surface area contributed by atoms with Crippen LogP contribution >= 0.6 is 0 Å². The van der Waals surface area contributed by atoms with Crippen molar-refractivity contribution in [3.05, 3.63) is 59.4 Å². The summed E-state index contributed by atoms with van der Waals surface area (Å²) in [6.45, 7) is 3.33. The molecule has 0 radical (unpaired) electrons. The molecule has 2 aromatic rings. The van der Waals surface area contributed by atoms with E-state index in [2.05, 4.69) is 16.0 Å². The molecule has 0 heterocycles. The largest absolute Gasteiger partial charge is 0.334 e. The Hall–Kier alpha value is -2.89. The molecule has 3 amide bonds. The summed E-state index contributed by atoms with van der Waals surface area (Å²) >= 11 is 0. The number of amides is 3. The lowest BCUT2D eigenvalue weighted by Gasteiger charge is -2.12. The summed E-state index contributed by atoms with van der Waals surface area (Å²) in [4.78, 5) is 23.0. The molecule has 2 rings (SSSR count). The van der Waals surface area contributed by atoms with Crippen LogP contribution in [-0.2, 0) is 11.3 Å². The van der Waals surface area contributed by atoms with Crippen molar-refractivity contribution in [1.82, 2.24) is 5.32 Å². The molecular formula is C17H18FN3O2. The van der Waals surface area contributed by atoms with Gasteiger partial charge < -0.3 is 16.0 Å². The maximum absolute atomic E-state index is 13.5. The van der Waals surface area contributed by atoms with Crippen molar-refractivity contribution in [3.63, 3.8) is 0 Å². The number of carbonyl (C=O) groups excluding carboxylic acids is 2. The van der Waals surface area contributed by atoms with E-state index in [0.29, 0.717) is 16.9 Å². The highest BCUT2D eigenvalue weighted by Crippen LogP contribution is 2.20. The smallest absolute Gasteiger partial charge is 0.319 e. The number of aryl methyl sites for hydroxylation is 1. The number of hydrogen-bond acceptors (Lipinski definition) is 2. The molecule has 0 aromatic heterocycles. The molecule has 5 nitrogen and oxygen atoms in total. The van der Waals surface area contributed by atoms with Gasteiger partial charge in [-0.1, -0.05) is 24.3 Å². The van der Waals surface area contributed by atoms with E-state index in [0.717, 1.165) is 5.56 Å². The maximum atomic E-state index is 13.5. The first-order chi connectivity index (χ1) is 11.0. The lowest BCUT2D eigenvalue weighted by Crippen LogP contribution is -2.28. The van der Waals surface area contributed by atoms with E-state index >= 15 is 0 Å². The highest BCUT2D eigenvalue weighted by atomic mass is 19.1. The summed E-state index contributed by atoms with van der Waals surface area (Å²) in [5, 5.41) is 7.94. The van der Waals surface area contributed by atoms with Gasteiger partial charge in [-0.05, 0) is 30.7 Å². The SMILES string of the molecule is CC(=O)Nc1ccc(C)c(NC(=O)NCc2ccccc2F)c1. The Labute approximate surface area is 133 Å². The van der Waals surface area contributed by atoms with Crippen LogP contribution in [0.25, 0.3) is 0 Å². The molecule has 0 aliphatic carbocycles. The van der Waals surface area contributed by atoms with E-state index in [1.807, 2.05) is 6.92 Å². The molecule has 0 bridgehead atoms. The van der Waals surface area contributed by atoms with Crippen molar-refractivity contribution in [3.8, 4) is 0 Å². The van der Waals surface area contributed by atoms with Gasteiger partial charge in [0.2, 0.25) is 5.91 Å². The van der Waals surface area contributed by atoms with Gasteiger partial charge >= 0.3 is 6.03 Å². The molecule has 0 fully saturated rings. The minimum atomic E-state index is -0.448. The second-order valence-electron chi connectivity index (χ2n) is 5.11. The topological polar surface area (TPSA) is 70.2 Å². The van der Waals surface area contributed by atoms with E-state index in [9.17, 15) is 14.0 Å². The maximum Gasteiger partial charge on any atom is 0.319 e. The van der Waals surface area contributed by atoms with Crippen LogP contribution in [0.5, 0.6) is 0 Å². The third-order valence-corrected chi connectivity index (χ3v) is 3.20. The highest BCUT2D eigenvalue weighted by Gasteiger charge is 2.07. The molecule has 3 N–H and O–H groups in total. The van der Waals surface area contributed by atoms with Crippen molar-refractivity contribution in [2.75, 3.05) is 10.6 Å². The molecular weight excluding hydrogens is 297 g/mol. The molecule has 0 atom stereocenters. The quantitative estimate of drug-likeness (QED) is 0.809. The second kappa shape index (κ2) is 7.40. The summed E-state index contributed by atoms with van der Waals surface area (Å²) in [7, 11) is 0. The standard InChI is InChI=1S/C17H18FN3O2/c1-11-7-8-14(20-12(2)22)9-16(11)21-17(23)19-10-13-5-3-4-6-15(13)18/h3-9H,10H2,1-2H3,(H,20,22)(H2,19,21,23). The average molecular weight is 315 g/mol. The van der Waals surface area contributed by atoms with Gasteiger partial charge in [0.25, 0.3) is 0 Å². The number of nitrogens with one attached hydrogen (secondary N) is 3. The third kappa shape index (κ3) is 4.81. The second-order valence-corrected chi connectivity index (χ2v) is 5.11. The monoisotopic (exact) mass is 315 g/mol. The number of carbonyl (C=O) groups is 2. The van der Waals surface area contributed by atoms with Crippen LogP contribution in [0.1, 0.15) is 18.1 Å². The number of anilines is 2. The molecule has 0 spiro atoms. The minimum Gasteiger partial charge on any atom is -0.334 e. The fraction of sp³-hybridized carbons (Fsp3) is 0.176. The van der Waals surface area contributed by atoms with Crippen LogP contribution in [0.4, 0.5) is 20.6 Å². The molecule has 0 saturated heterocycles. The van der Waals surface area contributed by atoms with Gasteiger partial charge in [0.1, 0.15) is 5.82 Å². The van der Waals surface area contributed by atoms with Crippen LogP contribution in [0.15, 0.2) is 42.5 Å². The molecule has 0 saturated carbocycles. The third-order valence-electron chi connectivity index (χ3n) is 3.20. The lowest BCUT2D eigenvalue weighted by atomic mass is 10.2. The van der Waals surface area contributed by atoms with Crippen molar-refractivity contribution in [1.29, 1.82) is 0 Å². The Morgan fingerprint density at radius 1 is 1.09 bits per heavy atom. The summed E-state index contributed by atoms with van der Waals surface area (Å²) in [5.74, 6) is -0.555. The van der Waals surface area contributed by atoms with Gasteiger partial charge in [0.05, 0.1) is 0 Å². The van der Waals surface area contributed by atoms with Crippen LogP contribution in [-0.4, -0.2) is 11.9 Å². The van der Waals surface area contributed by atoms with Crippen molar-refractivity contribution in [2.24, 2.45) is 0 Å². The fourth-order valence-electron chi connectivity index (χ4n) is 2.02. The first kappa shape index (κ1) is 16.5. The van der Waals surface area contributed by atoms with Gasteiger partial charge in [-0.3, -0.25) is 4.79 Å². The first-order valence-corrected chi connectivity index (χ1v) is 7.12. The van der Waals surface area contributed by atoms with Gasteiger partial charge in [0.15, 0.2) is 0 Å². The van der Waals surface area contributed by atoms with E-state index in [-0.39, 0.29) is 18.3 Å². The summed E-state index contributed by atoms with van der Waals surface area (Å²) in [5.41, 5.74) is 2.42. The molecule has 0 unspecified atom stereocenters. The lowest BCUT2D eigenvalue weighted by molar-refractivity contribution is -0.114. The zero-order valence-electron chi connectivity index (χ0n) is 12.9. The number of hydrogen-bond donors (Lipinski definition) is 3. The van der Waals surface area contributed by atoms with Crippen LogP contribution in [0, 0.1) is 12.7 Å². The summed E-state index contributed by atoms with van der Waals surface area (Å²) < 4.78 is 13.5. The van der Waals surface area contributed by atoms with Gasteiger partial charge in [0, 0.05) is 30.4 Å². The Balaban J connectivity index is 1.99. The van der Waals surface area contributed by atoms with E-state index in [1.165, 1.54) is 13.0 Å². The predicted octanol–water partition coefficient (Wildman–Crippen LogP) is 3.41. The van der Waals surface area contributed by atoms with Crippen LogP contribution < -0.4 is 16.0 Å². The molecule has 120 valence electrons. The molecule has 23 heavy (non-hydrogen) atoms. The zero-order chi connectivity index (χ0) is 16.8. The van der Waals surface area contributed by atoms with Crippen molar-refractivity contribution >= 4 is 23.3 Å². The van der Waals surface area contributed by atoms with Crippen LogP contribution in [0.2, 0.25) is 0 Å². The van der Waals surface area contributed by atoms with Gasteiger partial charge in [-0.2, -0.15) is 0 Å². The van der Waals surface area contributed by atoms with Crippen molar-refractivity contribution < 1.29 is 14.0 Å². The fourth-order valence-corrected chi connectivity index (χ4v) is 2.02. The Morgan fingerprint density at radius 2 is 1.83 bits per heavy atom. The van der Waals surface area contributed by atoms with Gasteiger partial charge in [-0.25, -0.2) is 9.18 Å². The molecule has 6 heteroatoms.